The predicted molar refractivity (Wildman–Crippen MR) is 77.6 cm³/mol. The minimum atomic E-state index is -0.376. The molecule has 0 aliphatic carbocycles. The van der Waals surface area contributed by atoms with Gasteiger partial charge in [0.25, 0.3) is 5.89 Å². The molecule has 0 spiro atoms. The third-order valence-electron chi connectivity index (χ3n) is 2.94. The summed E-state index contributed by atoms with van der Waals surface area (Å²) in [7, 11) is 1.60. The molecule has 0 saturated heterocycles. The Bertz CT molecular complexity index is 774. The van der Waals surface area contributed by atoms with Gasteiger partial charge in [-0.1, -0.05) is 35.5 Å². The molecule has 104 valence electrons. The number of hydrogen-bond acceptors (Lipinski definition) is 6. The average Bonchev–Trinajstić information content (AvgIpc) is 3.18. The van der Waals surface area contributed by atoms with Gasteiger partial charge < -0.3 is 9.26 Å². The third-order valence-corrected chi connectivity index (χ3v) is 3.92. The molecule has 0 amide bonds. The van der Waals surface area contributed by atoms with E-state index in [9.17, 15) is 0 Å². The Hall–Kier alpha value is -2.49. The van der Waals surface area contributed by atoms with Gasteiger partial charge in [0.05, 0.1) is 4.88 Å². The molecule has 1 unspecified atom stereocenters. The first-order valence-electron chi connectivity index (χ1n) is 6.23. The molecule has 1 aromatic carbocycles. The van der Waals surface area contributed by atoms with Crippen LogP contribution in [0.4, 0.5) is 0 Å². The molecule has 1 atom stereocenters. The molecule has 3 rings (SSSR count). The van der Waals surface area contributed by atoms with Crippen molar-refractivity contribution in [3.8, 4) is 16.8 Å². The van der Waals surface area contributed by atoms with E-state index in [-0.39, 0.29) is 6.10 Å². The van der Waals surface area contributed by atoms with Gasteiger partial charge in [-0.05, 0) is 17.7 Å². The maximum Gasteiger partial charge on any atom is 0.268 e. The highest BCUT2D eigenvalue weighted by atomic mass is 32.1. The monoisotopic (exact) mass is 297 g/mol. The second kappa shape index (κ2) is 5.87. The SMILES string of the molecule is COC(c1ccccc1)c1noc(-c2ccc(C#N)s2)n1. The van der Waals surface area contributed by atoms with Crippen molar-refractivity contribution >= 4 is 11.3 Å². The summed E-state index contributed by atoms with van der Waals surface area (Å²) in [5.74, 6) is 0.861. The van der Waals surface area contributed by atoms with Crippen molar-refractivity contribution in [2.45, 2.75) is 6.10 Å². The van der Waals surface area contributed by atoms with Crippen molar-refractivity contribution in [1.29, 1.82) is 5.26 Å². The summed E-state index contributed by atoms with van der Waals surface area (Å²) >= 11 is 1.32. The van der Waals surface area contributed by atoms with Gasteiger partial charge in [-0.2, -0.15) is 10.2 Å². The van der Waals surface area contributed by atoms with Crippen LogP contribution in [0.3, 0.4) is 0 Å². The van der Waals surface area contributed by atoms with Crippen molar-refractivity contribution in [2.24, 2.45) is 0 Å². The molecular formula is C15H11N3O2S. The van der Waals surface area contributed by atoms with Crippen molar-refractivity contribution in [3.63, 3.8) is 0 Å². The van der Waals surface area contributed by atoms with Crippen molar-refractivity contribution in [3.05, 3.63) is 58.7 Å². The summed E-state index contributed by atoms with van der Waals surface area (Å²) in [4.78, 5) is 5.75. The number of hydrogen-bond donors (Lipinski definition) is 0. The highest BCUT2D eigenvalue weighted by molar-refractivity contribution is 7.15. The van der Waals surface area contributed by atoms with Crippen LogP contribution in [0, 0.1) is 11.3 Å². The highest BCUT2D eigenvalue weighted by Crippen LogP contribution is 2.29. The molecule has 2 heterocycles. The van der Waals surface area contributed by atoms with Gasteiger partial charge in [0.15, 0.2) is 0 Å². The standard InChI is InChI=1S/C15H11N3O2S/c1-19-13(10-5-3-2-4-6-10)14-17-15(20-18-14)12-8-7-11(9-16)21-12/h2-8,13H,1H3. The van der Waals surface area contributed by atoms with Gasteiger partial charge in [0, 0.05) is 7.11 Å². The first kappa shape index (κ1) is 13.5. The molecule has 0 fully saturated rings. The number of methoxy groups -OCH3 is 1. The number of rotatable bonds is 4. The van der Waals surface area contributed by atoms with E-state index in [0.717, 1.165) is 10.4 Å². The fraction of sp³-hybridized carbons (Fsp3) is 0.133. The highest BCUT2D eigenvalue weighted by Gasteiger charge is 2.21. The lowest BCUT2D eigenvalue weighted by atomic mass is 10.1. The number of nitrogens with zero attached hydrogens (tertiary/aromatic N) is 3. The Kier molecular flexibility index (Phi) is 3.77. The second-order valence-electron chi connectivity index (χ2n) is 4.26. The Balaban J connectivity index is 1.92. The molecule has 0 aliphatic heterocycles. The van der Waals surface area contributed by atoms with Crippen LogP contribution in [0.2, 0.25) is 0 Å². The zero-order valence-electron chi connectivity index (χ0n) is 11.2. The van der Waals surface area contributed by atoms with Crippen LogP contribution in [0.15, 0.2) is 47.0 Å². The van der Waals surface area contributed by atoms with Gasteiger partial charge in [0.2, 0.25) is 5.82 Å². The summed E-state index contributed by atoms with van der Waals surface area (Å²) in [5, 5.41) is 12.8. The number of benzene rings is 1. The van der Waals surface area contributed by atoms with Crippen LogP contribution >= 0.6 is 11.3 Å². The number of aromatic nitrogens is 2. The molecule has 2 aromatic heterocycles. The van der Waals surface area contributed by atoms with E-state index >= 15 is 0 Å². The lowest BCUT2D eigenvalue weighted by Gasteiger charge is -2.10. The molecule has 6 heteroatoms. The normalized spacial score (nSPS) is 12.0. The van der Waals surface area contributed by atoms with Crippen LogP contribution in [0.5, 0.6) is 0 Å². The minimum absolute atomic E-state index is 0.376. The lowest BCUT2D eigenvalue weighted by molar-refractivity contribution is 0.126. The Morgan fingerprint density at radius 2 is 2.05 bits per heavy atom. The number of thiophene rings is 1. The first-order valence-corrected chi connectivity index (χ1v) is 7.05. The van der Waals surface area contributed by atoms with Crippen LogP contribution < -0.4 is 0 Å². The second-order valence-corrected chi connectivity index (χ2v) is 5.34. The smallest absolute Gasteiger partial charge is 0.268 e. The molecular weight excluding hydrogens is 286 g/mol. The lowest BCUT2D eigenvalue weighted by Crippen LogP contribution is -2.05. The first-order chi connectivity index (χ1) is 10.3. The summed E-state index contributed by atoms with van der Waals surface area (Å²) in [6, 6.07) is 15.3. The van der Waals surface area contributed by atoms with Crippen LogP contribution in [0.1, 0.15) is 22.4 Å². The summed E-state index contributed by atoms with van der Waals surface area (Å²) in [6.45, 7) is 0. The Morgan fingerprint density at radius 1 is 1.24 bits per heavy atom. The zero-order chi connectivity index (χ0) is 14.7. The molecule has 0 saturated carbocycles. The zero-order valence-corrected chi connectivity index (χ0v) is 12.0. The third kappa shape index (κ3) is 2.70. The van der Waals surface area contributed by atoms with Crippen molar-refractivity contribution in [2.75, 3.05) is 7.11 Å². The van der Waals surface area contributed by atoms with E-state index in [0.29, 0.717) is 16.6 Å². The van der Waals surface area contributed by atoms with E-state index in [4.69, 9.17) is 14.5 Å². The van der Waals surface area contributed by atoms with Gasteiger partial charge in [-0.25, -0.2) is 0 Å². The number of ether oxygens (including phenoxy) is 1. The topological polar surface area (TPSA) is 71.9 Å². The fourth-order valence-electron chi connectivity index (χ4n) is 1.97. The van der Waals surface area contributed by atoms with E-state index in [2.05, 4.69) is 16.2 Å². The van der Waals surface area contributed by atoms with Gasteiger partial charge >= 0.3 is 0 Å². The van der Waals surface area contributed by atoms with E-state index in [1.54, 1.807) is 19.2 Å². The average molecular weight is 297 g/mol. The Morgan fingerprint density at radius 3 is 2.71 bits per heavy atom. The predicted octanol–water partition coefficient (Wildman–Crippen LogP) is 3.41. The summed E-state index contributed by atoms with van der Waals surface area (Å²) < 4.78 is 10.7. The van der Waals surface area contributed by atoms with E-state index < -0.39 is 0 Å². The van der Waals surface area contributed by atoms with Crippen LogP contribution in [-0.4, -0.2) is 17.3 Å². The molecule has 3 aromatic rings. The molecule has 0 bridgehead atoms. The molecule has 21 heavy (non-hydrogen) atoms. The largest absolute Gasteiger partial charge is 0.369 e. The van der Waals surface area contributed by atoms with Gasteiger partial charge in [-0.15, -0.1) is 11.3 Å². The maximum atomic E-state index is 8.85. The van der Waals surface area contributed by atoms with Crippen LogP contribution in [-0.2, 0) is 4.74 Å². The molecule has 0 N–H and O–H groups in total. The molecule has 0 radical (unpaired) electrons. The van der Waals surface area contributed by atoms with Gasteiger partial charge in [-0.3, -0.25) is 0 Å². The summed E-state index contributed by atoms with van der Waals surface area (Å²) in [5.41, 5.74) is 0.955. The summed E-state index contributed by atoms with van der Waals surface area (Å²) in [6.07, 6.45) is -0.376. The van der Waals surface area contributed by atoms with Crippen molar-refractivity contribution < 1.29 is 9.26 Å². The molecule has 5 nitrogen and oxygen atoms in total. The molecule has 0 aliphatic rings. The Labute approximate surface area is 125 Å². The van der Waals surface area contributed by atoms with Gasteiger partial charge in [0.1, 0.15) is 17.1 Å². The van der Waals surface area contributed by atoms with E-state index in [1.807, 2.05) is 30.3 Å². The quantitative estimate of drug-likeness (QED) is 0.738. The minimum Gasteiger partial charge on any atom is -0.369 e. The van der Waals surface area contributed by atoms with Crippen molar-refractivity contribution in [1.82, 2.24) is 10.1 Å². The van der Waals surface area contributed by atoms with Crippen LogP contribution in [0.25, 0.3) is 10.8 Å². The fourth-order valence-corrected chi connectivity index (χ4v) is 2.70. The maximum absolute atomic E-state index is 8.85. The number of nitriles is 1. The van der Waals surface area contributed by atoms with E-state index in [1.165, 1.54) is 11.3 Å².